The molecule has 0 saturated heterocycles. The number of aryl methyl sites for hydroxylation is 1. The number of nitrogens with one attached hydrogen (secondary N) is 1. The fourth-order valence-corrected chi connectivity index (χ4v) is 3.96. The van der Waals surface area contributed by atoms with Crippen molar-refractivity contribution < 1.29 is 13.9 Å². The van der Waals surface area contributed by atoms with E-state index in [1.165, 1.54) is 24.9 Å². The van der Waals surface area contributed by atoms with Crippen LogP contribution in [0.2, 0.25) is 0 Å². The third-order valence-corrected chi connectivity index (χ3v) is 5.62. The Morgan fingerprint density at radius 1 is 1.35 bits per heavy atom. The minimum atomic E-state index is -0.487. The Hall–Kier alpha value is -3.66. The molecule has 0 atom stereocenters. The number of fused-ring (bicyclic) bond motifs is 1. The SMILES string of the molecule is C=CCn1c(SCc2nc3cc(C(=O)OC)ccc3c(=O)[nH]2)nnc1-c1ccoc1C. The third-order valence-electron chi connectivity index (χ3n) is 4.64. The van der Waals surface area contributed by atoms with Crippen molar-refractivity contribution >= 4 is 28.6 Å². The molecule has 0 fully saturated rings. The second-order valence-electron chi connectivity index (χ2n) is 6.62. The van der Waals surface area contributed by atoms with Crippen LogP contribution in [0.4, 0.5) is 0 Å². The molecule has 0 saturated carbocycles. The summed E-state index contributed by atoms with van der Waals surface area (Å²) in [5.74, 6) is 1.75. The van der Waals surface area contributed by atoms with Gasteiger partial charge in [-0.1, -0.05) is 17.8 Å². The lowest BCUT2D eigenvalue weighted by atomic mass is 10.1. The van der Waals surface area contributed by atoms with Gasteiger partial charge >= 0.3 is 5.97 Å². The average Bonchev–Trinajstić information content (AvgIpc) is 3.37. The topological polar surface area (TPSA) is 116 Å². The van der Waals surface area contributed by atoms with E-state index in [2.05, 4.69) is 26.7 Å². The van der Waals surface area contributed by atoms with Gasteiger partial charge in [-0.25, -0.2) is 9.78 Å². The van der Waals surface area contributed by atoms with Crippen LogP contribution in [0.25, 0.3) is 22.3 Å². The smallest absolute Gasteiger partial charge is 0.337 e. The zero-order valence-corrected chi connectivity index (χ0v) is 17.7. The molecule has 0 unspecified atom stereocenters. The van der Waals surface area contributed by atoms with E-state index >= 15 is 0 Å². The average molecular weight is 437 g/mol. The van der Waals surface area contributed by atoms with Gasteiger partial charge in [0.25, 0.3) is 5.56 Å². The molecule has 0 aliphatic carbocycles. The first-order valence-corrected chi connectivity index (χ1v) is 10.3. The van der Waals surface area contributed by atoms with Crippen LogP contribution in [0.15, 0.2) is 57.6 Å². The number of carbonyl (C=O) groups excluding carboxylic acids is 1. The van der Waals surface area contributed by atoms with Gasteiger partial charge in [0.2, 0.25) is 0 Å². The van der Waals surface area contributed by atoms with Gasteiger partial charge in [0.05, 0.1) is 41.2 Å². The van der Waals surface area contributed by atoms with E-state index in [0.29, 0.717) is 45.6 Å². The fourth-order valence-electron chi connectivity index (χ4n) is 3.14. The van der Waals surface area contributed by atoms with Gasteiger partial charge in [-0.2, -0.15) is 0 Å². The van der Waals surface area contributed by atoms with Gasteiger partial charge in [0.1, 0.15) is 11.6 Å². The maximum atomic E-state index is 12.5. The molecule has 0 spiro atoms. The van der Waals surface area contributed by atoms with Crippen molar-refractivity contribution in [2.45, 2.75) is 24.4 Å². The lowest BCUT2D eigenvalue weighted by molar-refractivity contribution is 0.0601. The summed E-state index contributed by atoms with van der Waals surface area (Å²) >= 11 is 1.38. The highest BCUT2D eigenvalue weighted by molar-refractivity contribution is 7.98. The number of rotatable bonds is 7. The van der Waals surface area contributed by atoms with Gasteiger partial charge < -0.3 is 14.1 Å². The zero-order chi connectivity index (χ0) is 22.0. The molecule has 0 amide bonds. The number of methoxy groups -OCH3 is 1. The molecule has 0 radical (unpaired) electrons. The van der Waals surface area contributed by atoms with E-state index in [1.54, 1.807) is 24.5 Å². The highest BCUT2D eigenvalue weighted by Crippen LogP contribution is 2.28. The van der Waals surface area contributed by atoms with E-state index in [4.69, 9.17) is 9.15 Å². The Morgan fingerprint density at radius 3 is 2.90 bits per heavy atom. The molecule has 1 aromatic carbocycles. The third kappa shape index (κ3) is 4.02. The molecule has 31 heavy (non-hydrogen) atoms. The number of H-pyrrole nitrogens is 1. The van der Waals surface area contributed by atoms with Gasteiger partial charge in [0, 0.05) is 6.54 Å². The molecule has 158 valence electrons. The number of ether oxygens (including phenoxy) is 1. The Kier molecular flexibility index (Phi) is 5.72. The predicted octanol–water partition coefficient (Wildman–Crippen LogP) is 3.35. The highest BCUT2D eigenvalue weighted by atomic mass is 32.2. The molecule has 3 aromatic heterocycles. The van der Waals surface area contributed by atoms with Crippen molar-refractivity contribution in [3.63, 3.8) is 0 Å². The molecular weight excluding hydrogens is 418 g/mol. The lowest BCUT2D eigenvalue weighted by Crippen LogP contribution is -2.12. The second kappa shape index (κ2) is 8.60. The van der Waals surface area contributed by atoms with Crippen LogP contribution in [0, 0.1) is 6.92 Å². The molecule has 4 aromatic rings. The number of nitrogens with zero attached hydrogens (tertiary/aromatic N) is 4. The van der Waals surface area contributed by atoms with E-state index in [1.807, 2.05) is 17.6 Å². The first kappa shape index (κ1) is 20.6. The number of hydrogen-bond donors (Lipinski definition) is 1. The molecule has 4 rings (SSSR count). The fraction of sp³-hybridized carbons (Fsp3) is 0.190. The minimum Gasteiger partial charge on any atom is -0.469 e. The summed E-state index contributed by atoms with van der Waals surface area (Å²) in [5, 5.41) is 9.64. The largest absolute Gasteiger partial charge is 0.469 e. The van der Waals surface area contributed by atoms with E-state index in [0.717, 1.165) is 11.3 Å². The number of carbonyl (C=O) groups is 1. The van der Waals surface area contributed by atoms with Gasteiger partial charge in [-0.05, 0) is 31.2 Å². The minimum absolute atomic E-state index is 0.278. The number of hydrogen-bond acceptors (Lipinski definition) is 8. The van der Waals surface area contributed by atoms with Gasteiger partial charge in [-0.3, -0.25) is 9.36 Å². The van der Waals surface area contributed by atoms with Crippen molar-refractivity contribution in [3.05, 3.63) is 70.7 Å². The molecule has 1 N–H and O–H groups in total. The van der Waals surface area contributed by atoms with Gasteiger partial charge in [-0.15, -0.1) is 16.8 Å². The van der Waals surface area contributed by atoms with Crippen LogP contribution in [0.5, 0.6) is 0 Å². The van der Waals surface area contributed by atoms with E-state index in [9.17, 15) is 9.59 Å². The Labute approximate surface area is 181 Å². The number of aromatic nitrogens is 5. The number of thioether (sulfide) groups is 1. The quantitative estimate of drug-likeness (QED) is 0.266. The Bertz CT molecular complexity index is 1340. The molecule has 9 nitrogen and oxygen atoms in total. The lowest BCUT2D eigenvalue weighted by Gasteiger charge is -2.07. The number of esters is 1. The van der Waals surface area contributed by atoms with E-state index in [-0.39, 0.29) is 5.56 Å². The van der Waals surface area contributed by atoms with Crippen LogP contribution in [0.3, 0.4) is 0 Å². The highest BCUT2D eigenvalue weighted by Gasteiger charge is 2.17. The van der Waals surface area contributed by atoms with E-state index < -0.39 is 5.97 Å². The Balaban J connectivity index is 1.64. The summed E-state index contributed by atoms with van der Waals surface area (Å²) in [4.78, 5) is 31.5. The number of allylic oxidation sites excluding steroid dienone is 1. The van der Waals surface area contributed by atoms with Crippen LogP contribution in [0.1, 0.15) is 21.9 Å². The Morgan fingerprint density at radius 2 is 2.19 bits per heavy atom. The first-order valence-electron chi connectivity index (χ1n) is 9.34. The first-order chi connectivity index (χ1) is 15.0. The normalized spacial score (nSPS) is 11.0. The van der Waals surface area contributed by atoms with Crippen molar-refractivity contribution in [3.8, 4) is 11.4 Å². The molecule has 3 heterocycles. The number of furan rings is 1. The van der Waals surface area contributed by atoms with Crippen molar-refractivity contribution in [1.29, 1.82) is 0 Å². The van der Waals surface area contributed by atoms with Crippen molar-refractivity contribution in [1.82, 2.24) is 24.7 Å². The molecular formula is C21H19N5O4S. The number of benzene rings is 1. The second-order valence-corrected chi connectivity index (χ2v) is 7.56. The van der Waals surface area contributed by atoms with Crippen LogP contribution < -0.4 is 5.56 Å². The maximum absolute atomic E-state index is 12.5. The summed E-state index contributed by atoms with van der Waals surface area (Å²) in [6.07, 6.45) is 3.37. The molecule has 10 heteroatoms. The van der Waals surface area contributed by atoms with Crippen molar-refractivity contribution in [2.24, 2.45) is 0 Å². The standard InChI is InChI=1S/C21H19N5O4S/c1-4-8-26-18(14-7-9-30-12(14)2)24-25-21(26)31-11-17-22-16-10-13(20(28)29-3)5-6-15(16)19(27)23-17/h4-7,9-10H,1,8,11H2,2-3H3,(H,22,23,27). The summed E-state index contributed by atoms with van der Waals surface area (Å²) < 4.78 is 12.0. The molecule has 0 aliphatic heterocycles. The van der Waals surface area contributed by atoms with Gasteiger partial charge in [0.15, 0.2) is 11.0 Å². The number of aromatic amines is 1. The van der Waals surface area contributed by atoms with Crippen LogP contribution >= 0.6 is 11.8 Å². The van der Waals surface area contributed by atoms with Crippen molar-refractivity contribution in [2.75, 3.05) is 7.11 Å². The zero-order valence-electron chi connectivity index (χ0n) is 16.9. The summed E-state index contributed by atoms with van der Waals surface area (Å²) in [5.41, 5.74) is 1.33. The summed E-state index contributed by atoms with van der Waals surface area (Å²) in [6.45, 7) is 6.18. The molecule has 0 bridgehead atoms. The monoisotopic (exact) mass is 437 g/mol. The van der Waals surface area contributed by atoms with Crippen LogP contribution in [-0.4, -0.2) is 37.8 Å². The summed E-state index contributed by atoms with van der Waals surface area (Å²) in [7, 11) is 1.30. The molecule has 0 aliphatic rings. The maximum Gasteiger partial charge on any atom is 0.337 e. The van der Waals surface area contributed by atoms with Crippen LogP contribution in [-0.2, 0) is 17.0 Å². The summed E-state index contributed by atoms with van der Waals surface area (Å²) in [6, 6.07) is 6.49. The predicted molar refractivity (Wildman–Crippen MR) is 116 cm³/mol.